The molecule has 1 atom stereocenters. The van der Waals surface area contributed by atoms with Crippen LogP contribution in [0, 0.1) is 5.92 Å². The highest BCUT2D eigenvalue weighted by Crippen LogP contribution is 2.29. The number of carbonyl (C=O) groups excluding carboxylic acids is 1. The largest absolute Gasteiger partial charge is 0.481 e. The molecular weight excluding hydrogens is 258 g/mol. The number of carboxylic acids is 1. The van der Waals surface area contributed by atoms with Gasteiger partial charge in [-0.25, -0.2) is 0 Å². The molecule has 0 spiro atoms. The number of rotatable bonds is 4. The van der Waals surface area contributed by atoms with Gasteiger partial charge in [0.05, 0.1) is 24.2 Å². The molecule has 108 valence electrons. The van der Waals surface area contributed by atoms with Gasteiger partial charge >= 0.3 is 5.97 Å². The molecule has 2 fully saturated rings. The molecule has 6 heteroatoms. The molecule has 1 unspecified atom stereocenters. The first-order valence-corrected chi connectivity index (χ1v) is 7.18. The molecule has 1 aromatic rings. The minimum atomic E-state index is -0.891. The van der Waals surface area contributed by atoms with Gasteiger partial charge < -0.3 is 10.0 Å². The van der Waals surface area contributed by atoms with Gasteiger partial charge in [-0.15, -0.1) is 0 Å². The molecular formula is C14H19N3O3. The zero-order valence-corrected chi connectivity index (χ0v) is 11.4. The summed E-state index contributed by atoms with van der Waals surface area (Å²) in [6.45, 7) is 0.715. The topological polar surface area (TPSA) is 75.4 Å². The Bertz CT molecular complexity index is 519. The summed E-state index contributed by atoms with van der Waals surface area (Å²) in [4.78, 5) is 24.3. The van der Waals surface area contributed by atoms with Gasteiger partial charge in [0.15, 0.2) is 0 Å². The van der Waals surface area contributed by atoms with Crippen LogP contribution < -0.4 is 0 Å². The fourth-order valence-electron chi connectivity index (χ4n) is 3.12. The van der Waals surface area contributed by atoms with Crippen LogP contribution in [0.1, 0.15) is 43.8 Å². The van der Waals surface area contributed by atoms with Crippen LogP contribution in [0.2, 0.25) is 0 Å². The van der Waals surface area contributed by atoms with Gasteiger partial charge in [-0.3, -0.25) is 14.3 Å². The maximum Gasteiger partial charge on any atom is 0.308 e. The molecule has 1 aliphatic carbocycles. The molecule has 1 saturated heterocycles. The molecule has 20 heavy (non-hydrogen) atoms. The third kappa shape index (κ3) is 2.55. The lowest BCUT2D eigenvalue weighted by Gasteiger charge is -2.14. The number of likely N-dealkylation sites (tertiary alicyclic amines) is 1. The fraction of sp³-hybridized carbons (Fsp3) is 0.643. The summed E-state index contributed by atoms with van der Waals surface area (Å²) in [5.74, 6) is -1.55. The third-order valence-corrected chi connectivity index (χ3v) is 4.28. The minimum absolute atomic E-state index is 0.0900. The van der Waals surface area contributed by atoms with Gasteiger partial charge in [0.2, 0.25) is 5.91 Å². The Hall–Kier alpha value is -1.85. The van der Waals surface area contributed by atoms with E-state index in [0.717, 1.165) is 5.69 Å². The van der Waals surface area contributed by atoms with Crippen molar-refractivity contribution in [1.82, 2.24) is 14.7 Å². The highest BCUT2D eigenvalue weighted by atomic mass is 16.4. The van der Waals surface area contributed by atoms with Crippen LogP contribution in [0.5, 0.6) is 0 Å². The number of amides is 1. The second kappa shape index (κ2) is 5.26. The molecule has 1 amide bonds. The van der Waals surface area contributed by atoms with Crippen molar-refractivity contribution in [2.45, 2.75) is 44.7 Å². The van der Waals surface area contributed by atoms with E-state index in [1.165, 1.54) is 25.7 Å². The second-order valence-electron chi connectivity index (χ2n) is 5.74. The first kappa shape index (κ1) is 13.1. The molecule has 0 aromatic carbocycles. The van der Waals surface area contributed by atoms with E-state index in [4.69, 9.17) is 5.11 Å². The molecule has 1 N–H and O–H groups in total. The highest BCUT2D eigenvalue weighted by Gasteiger charge is 2.34. The van der Waals surface area contributed by atoms with E-state index in [-0.39, 0.29) is 12.3 Å². The SMILES string of the molecule is O=C(O)C1CC(=O)N(Cc2ccn(C3CCCC3)n2)C1. The Labute approximate surface area is 117 Å². The van der Waals surface area contributed by atoms with Crippen LogP contribution >= 0.6 is 0 Å². The zero-order chi connectivity index (χ0) is 14.1. The first-order valence-electron chi connectivity index (χ1n) is 7.18. The van der Waals surface area contributed by atoms with E-state index < -0.39 is 11.9 Å². The maximum atomic E-state index is 11.8. The summed E-state index contributed by atoms with van der Waals surface area (Å²) in [7, 11) is 0. The summed E-state index contributed by atoms with van der Waals surface area (Å²) in [5, 5.41) is 13.5. The van der Waals surface area contributed by atoms with Crippen molar-refractivity contribution in [2.75, 3.05) is 6.54 Å². The normalized spacial score (nSPS) is 23.7. The molecule has 2 aliphatic rings. The number of nitrogens with zero attached hydrogens (tertiary/aromatic N) is 3. The van der Waals surface area contributed by atoms with Crippen LogP contribution in [0.25, 0.3) is 0 Å². The second-order valence-corrected chi connectivity index (χ2v) is 5.74. The predicted octanol–water partition coefficient (Wildman–Crippen LogP) is 1.43. The van der Waals surface area contributed by atoms with Gasteiger partial charge in [0.1, 0.15) is 0 Å². The molecule has 1 aliphatic heterocycles. The predicted molar refractivity (Wildman–Crippen MR) is 70.9 cm³/mol. The molecule has 1 saturated carbocycles. The molecule has 1 aromatic heterocycles. The van der Waals surface area contributed by atoms with E-state index in [2.05, 4.69) is 5.10 Å². The number of aromatic nitrogens is 2. The Morgan fingerprint density at radius 2 is 2.15 bits per heavy atom. The van der Waals surface area contributed by atoms with E-state index in [0.29, 0.717) is 19.1 Å². The molecule has 2 heterocycles. The Morgan fingerprint density at radius 1 is 1.40 bits per heavy atom. The molecule has 6 nitrogen and oxygen atoms in total. The quantitative estimate of drug-likeness (QED) is 0.903. The van der Waals surface area contributed by atoms with Gasteiger partial charge in [-0.1, -0.05) is 12.8 Å². The van der Waals surface area contributed by atoms with Crippen LogP contribution in [-0.2, 0) is 16.1 Å². The molecule has 3 rings (SSSR count). The van der Waals surface area contributed by atoms with E-state index in [1.54, 1.807) is 4.90 Å². The minimum Gasteiger partial charge on any atom is -0.481 e. The van der Waals surface area contributed by atoms with E-state index >= 15 is 0 Å². The van der Waals surface area contributed by atoms with Crippen molar-refractivity contribution in [1.29, 1.82) is 0 Å². The Kier molecular flexibility index (Phi) is 3.46. The zero-order valence-electron chi connectivity index (χ0n) is 11.4. The smallest absolute Gasteiger partial charge is 0.308 e. The number of carbonyl (C=O) groups is 2. The summed E-state index contributed by atoms with van der Waals surface area (Å²) in [5.41, 5.74) is 0.844. The standard InChI is InChI=1S/C14H19N3O3/c18-13-7-10(14(19)20)8-16(13)9-11-5-6-17(15-11)12-3-1-2-4-12/h5-6,10,12H,1-4,7-9H2,(H,19,20). The number of carboxylic acid groups (broad SMARTS) is 1. The number of hydrogen-bond donors (Lipinski definition) is 1. The van der Waals surface area contributed by atoms with Crippen molar-refractivity contribution in [3.05, 3.63) is 18.0 Å². The van der Waals surface area contributed by atoms with Crippen LogP contribution in [0.15, 0.2) is 12.3 Å². The number of hydrogen-bond acceptors (Lipinski definition) is 3. The van der Waals surface area contributed by atoms with Crippen molar-refractivity contribution in [3.63, 3.8) is 0 Å². The van der Waals surface area contributed by atoms with E-state index in [1.807, 2.05) is 16.9 Å². The Morgan fingerprint density at radius 3 is 2.80 bits per heavy atom. The van der Waals surface area contributed by atoms with Gasteiger partial charge in [0, 0.05) is 19.2 Å². The van der Waals surface area contributed by atoms with Crippen molar-refractivity contribution in [3.8, 4) is 0 Å². The van der Waals surface area contributed by atoms with E-state index in [9.17, 15) is 9.59 Å². The van der Waals surface area contributed by atoms with Gasteiger partial charge in [0.25, 0.3) is 0 Å². The molecule has 0 bridgehead atoms. The highest BCUT2D eigenvalue weighted by molar-refractivity contribution is 5.86. The molecule has 0 radical (unpaired) electrons. The lowest BCUT2D eigenvalue weighted by molar-refractivity contribution is -0.141. The number of aliphatic carboxylic acids is 1. The summed E-state index contributed by atoms with van der Waals surface area (Å²) in [6.07, 6.45) is 6.93. The lowest BCUT2D eigenvalue weighted by atomic mass is 10.1. The monoisotopic (exact) mass is 277 g/mol. The first-order chi connectivity index (χ1) is 9.63. The van der Waals surface area contributed by atoms with Gasteiger partial charge in [-0.2, -0.15) is 5.10 Å². The third-order valence-electron chi connectivity index (χ3n) is 4.28. The average Bonchev–Trinajstić information content (AvgIpc) is 3.11. The fourth-order valence-corrected chi connectivity index (χ4v) is 3.12. The Balaban J connectivity index is 1.63. The van der Waals surface area contributed by atoms with Crippen LogP contribution in [0.3, 0.4) is 0 Å². The van der Waals surface area contributed by atoms with Crippen molar-refractivity contribution in [2.24, 2.45) is 5.92 Å². The van der Waals surface area contributed by atoms with Gasteiger partial charge in [-0.05, 0) is 18.9 Å². The average molecular weight is 277 g/mol. The van der Waals surface area contributed by atoms with Crippen molar-refractivity contribution < 1.29 is 14.7 Å². The summed E-state index contributed by atoms with van der Waals surface area (Å²) >= 11 is 0. The maximum absolute atomic E-state index is 11.8. The summed E-state index contributed by atoms with van der Waals surface area (Å²) in [6, 6.07) is 2.42. The van der Waals surface area contributed by atoms with Crippen LogP contribution in [0.4, 0.5) is 0 Å². The lowest BCUT2D eigenvalue weighted by Crippen LogP contribution is -2.26. The summed E-state index contributed by atoms with van der Waals surface area (Å²) < 4.78 is 2.00. The van der Waals surface area contributed by atoms with Crippen molar-refractivity contribution >= 4 is 11.9 Å². The van der Waals surface area contributed by atoms with Crippen LogP contribution in [-0.4, -0.2) is 38.2 Å².